The molecular weight excluding hydrogens is 472 g/mol. The zero-order valence-electron chi connectivity index (χ0n) is 18.5. The van der Waals surface area contributed by atoms with Crippen molar-refractivity contribution in [3.8, 4) is 11.8 Å². The molecule has 0 aliphatic rings. The van der Waals surface area contributed by atoms with Crippen LogP contribution in [0.3, 0.4) is 0 Å². The molecule has 10 heteroatoms. The largest absolute Gasteiger partial charge is 0.309 e. The number of nitriles is 1. The van der Waals surface area contributed by atoms with E-state index in [4.69, 9.17) is 11.6 Å². The van der Waals surface area contributed by atoms with Gasteiger partial charge in [-0.3, -0.25) is 14.2 Å². The summed E-state index contributed by atoms with van der Waals surface area (Å²) in [5.41, 5.74) is 1.29. The Morgan fingerprint density at radius 3 is 2.71 bits per heavy atom. The fraction of sp³-hybridized carbons (Fsp3) is 0.208. The van der Waals surface area contributed by atoms with Gasteiger partial charge in [-0.1, -0.05) is 55.4 Å². The molecule has 4 rings (SSSR count). The van der Waals surface area contributed by atoms with Crippen LogP contribution in [0, 0.1) is 17.2 Å². The summed E-state index contributed by atoms with van der Waals surface area (Å²) in [6, 6.07) is 16.3. The Kier molecular flexibility index (Phi) is 7.01. The first kappa shape index (κ1) is 23.5. The van der Waals surface area contributed by atoms with Crippen molar-refractivity contribution in [1.82, 2.24) is 19.3 Å². The van der Waals surface area contributed by atoms with Crippen LogP contribution in [0.5, 0.6) is 0 Å². The molecule has 4 aromatic rings. The maximum atomic E-state index is 13.1. The lowest BCUT2D eigenvalue weighted by Gasteiger charge is -2.15. The van der Waals surface area contributed by atoms with Gasteiger partial charge in [0, 0.05) is 11.6 Å². The SMILES string of the molecule is CC(C)Cn1c(SCC(=O)Nc2c(C#N)cnn2-c2ccccc2)nc2ccc(Cl)cc2c1=O. The highest BCUT2D eigenvalue weighted by molar-refractivity contribution is 7.99. The number of halogens is 1. The number of benzene rings is 2. The molecule has 2 aromatic heterocycles. The maximum Gasteiger partial charge on any atom is 0.262 e. The first-order valence-electron chi connectivity index (χ1n) is 10.5. The molecule has 0 atom stereocenters. The molecule has 1 N–H and O–H groups in total. The normalized spacial score (nSPS) is 11.0. The standard InChI is InChI=1S/C24H21ClN6O2S/c1-15(2)13-30-23(33)19-10-17(25)8-9-20(19)28-24(30)34-14-21(32)29-22-16(11-26)12-27-31(22)18-6-4-3-5-7-18/h3-10,12,15H,13-14H2,1-2H3,(H,29,32). The van der Waals surface area contributed by atoms with Crippen molar-refractivity contribution < 1.29 is 4.79 Å². The molecular formula is C24H21ClN6O2S. The van der Waals surface area contributed by atoms with Crippen molar-refractivity contribution in [3.63, 3.8) is 0 Å². The third kappa shape index (κ3) is 4.98. The highest BCUT2D eigenvalue weighted by Crippen LogP contribution is 2.23. The number of thioether (sulfide) groups is 1. The van der Waals surface area contributed by atoms with Crippen LogP contribution in [0.15, 0.2) is 64.7 Å². The maximum absolute atomic E-state index is 13.1. The summed E-state index contributed by atoms with van der Waals surface area (Å²) in [6.07, 6.45) is 1.41. The number of anilines is 1. The van der Waals surface area contributed by atoms with Gasteiger partial charge in [0.2, 0.25) is 5.91 Å². The van der Waals surface area contributed by atoms with E-state index in [1.807, 2.05) is 44.2 Å². The lowest BCUT2D eigenvalue weighted by molar-refractivity contribution is -0.113. The topological polar surface area (TPSA) is 106 Å². The van der Waals surface area contributed by atoms with Crippen LogP contribution in [0.4, 0.5) is 5.82 Å². The molecule has 0 aliphatic carbocycles. The van der Waals surface area contributed by atoms with E-state index in [1.54, 1.807) is 22.8 Å². The summed E-state index contributed by atoms with van der Waals surface area (Å²) in [6.45, 7) is 4.46. The molecule has 34 heavy (non-hydrogen) atoms. The summed E-state index contributed by atoms with van der Waals surface area (Å²) < 4.78 is 3.09. The Labute approximate surface area is 205 Å². The Morgan fingerprint density at radius 1 is 1.24 bits per heavy atom. The molecule has 0 saturated carbocycles. The van der Waals surface area contributed by atoms with Crippen LogP contribution < -0.4 is 10.9 Å². The summed E-state index contributed by atoms with van der Waals surface area (Å²) >= 11 is 7.24. The summed E-state index contributed by atoms with van der Waals surface area (Å²) in [5.74, 6) is 0.137. The van der Waals surface area contributed by atoms with Crippen LogP contribution in [0.25, 0.3) is 16.6 Å². The van der Waals surface area contributed by atoms with Gasteiger partial charge >= 0.3 is 0 Å². The van der Waals surface area contributed by atoms with Crippen LogP contribution in [0.1, 0.15) is 19.4 Å². The Balaban J connectivity index is 1.60. The van der Waals surface area contributed by atoms with E-state index >= 15 is 0 Å². The number of amides is 1. The van der Waals surface area contributed by atoms with Gasteiger partial charge in [-0.25, -0.2) is 9.67 Å². The number of fused-ring (bicyclic) bond motifs is 1. The van der Waals surface area contributed by atoms with Crippen LogP contribution >= 0.6 is 23.4 Å². The number of carbonyl (C=O) groups is 1. The van der Waals surface area contributed by atoms with Gasteiger partial charge in [-0.2, -0.15) is 10.4 Å². The second-order valence-electron chi connectivity index (χ2n) is 7.97. The van der Waals surface area contributed by atoms with Gasteiger partial charge in [-0.15, -0.1) is 0 Å². The van der Waals surface area contributed by atoms with E-state index in [0.717, 1.165) is 11.8 Å². The van der Waals surface area contributed by atoms with Gasteiger partial charge in [-0.05, 0) is 36.2 Å². The van der Waals surface area contributed by atoms with E-state index in [-0.39, 0.29) is 28.7 Å². The molecule has 0 radical (unpaired) electrons. The lowest BCUT2D eigenvalue weighted by atomic mass is 10.2. The average molecular weight is 493 g/mol. The number of para-hydroxylation sites is 1. The molecule has 2 heterocycles. The highest BCUT2D eigenvalue weighted by Gasteiger charge is 2.18. The lowest BCUT2D eigenvalue weighted by Crippen LogP contribution is -2.26. The van der Waals surface area contributed by atoms with Crippen molar-refractivity contribution in [2.24, 2.45) is 5.92 Å². The average Bonchev–Trinajstić information content (AvgIpc) is 3.23. The van der Waals surface area contributed by atoms with Gasteiger partial charge < -0.3 is 5.32 Å². The van der Waals surface area contributed by atoms with Crippen LogP contribution in [-0.4, -0.2) is 31.0 Å². The third-order valence-electron chi connectivity index (χ3n) is 4.91. The van der Waals surface area contributed by atoms with Crippen molar-refractivity contribution >= 4 is 46.0 Å². The van der Waals surface area contributed by atoms with Crippen molar-refractivity contribution in [1.29, 1.82) is 5.26 Å². The fourth-order valence-electron chi connectivity index (χ4n) is 3.42. The predicted octanol–water partition coefficient (Wildman–Crippen LogP) is 4.49. The van der Waals surface area contributed by atoms with Gasteiger partial charge in [0.15, 0.2) is 11.0 Å². The zero-order chi connectivity index (χ0) is 24.2. The number of carbonyl (C=O) groups excluding carboxylic acids is 1. The monoisotopic (exact) mass is 492 g/mol. The molecule has 0 spiro atoms. The molecule has 0 bridgehead atoms. The minimum atomic E-state index is -0.347. The van der Waals surface area contributed by atoms with Crippen LogP contribution in [0.2, 0.25) is 5.02 Å². The van der Waals surface area contributed by atoms with E-state index in [0.29, 0.717) is 39.1 Å². The van der Waals surface area contributed by atoms with Gasteiger partial charge in [0.1, 0.15) is 11.6 Å². The molecule has 0 saturated heterocycles. The van der Waals surface area contributed by atoms with E-state index < -0.39 is 0 Å². The minimum absolute atomic E-state index is 0.00549. The second-order valence-corrected chi connectivity index (χ2v) is 9.35. The number of nitrogens with zero attached hydrogens (tertiary/aromatic N) is 5. The highest BCUT2D eigenvalue weighted by atomic mass is 35.5. The predicted molar refractivity (Wildman–Crippen MR) is 133 cm³/mol. The number of rotatable bonds is 7. The van der Waals surface area contributed by atoms with E-state index in [2.05, 4.69) is 21.5 Å². The first-order valence-corrected chi connectivity index (χ1v) is 11.9. The molecule has 2 aromatic carbocycles. The Bertz CT molecular complexity index is 1460. The molecule has 172 valence electrons. The van der Waals surface area contributed by atoms with Crippen molar-refractivity contribution in [2.75, 3.05) is 11.1 Å². The molecule has 8 nitrogen and oxygen atoms in total. The molecule has 0 aliphatic heterocycles. The van der Waals surface area contributed by atoms with Gasteiger partial charge in [0.25, 0.3) is 5.56 Å². The number of hydrogen-bond donors (Lipinski definition) is 1. The summed E-state index contributed by atoms with van der Waals surface area (Å²) in [4.78, 5) is 30.6. The fourth-order valence-corrected chi connectivity index (χ4v) is 4.40. The quantitative estimate of drug-likeness (QED) is 0.301. The molecule has 0 unspecified atom stereocenters. The van der Waals surface area contributed by atoms with Gasteiger partial charge in [0.05, 0.1) is 28.5 Å². The third-order valence-corrected chi connectivity index (χ3v) is 6.12. The van der Waals surface area contributed by atoms with Crippen LogP contribution in [-0.2, 0) is 11.3 Å². The Hall–Kier alpha value is -3.61. The Morgan fingerprint density at radius 2 is 2.00 bits per heavy atom. The summed E-state index contributed by atoms with van der Waals surface area (Å²) in [7, 11) is 0. The number of aromatic nitrogens is 4. The smallest absolute Gasteiger partial charge is 0.262 e. The zero-order valence-corrected chi connectivity index (χ0v) is 20.1. The van der Waals surface area contributed by atoms with Crippen molar-refractivity contribution in [2.45, 2.75) is 25.5 Å². The molecule has 1 amide bonds. The van der Waals surface area contributed by atoms with E-state index in [1.165, 1.54) is 10.9 Å². The number of nitrogens with one attached hydrogen (secondary N) is 1. The minimum Gasteiger partial charge on any atom is -0.309 e. The van der Waals surface area contributed by atoms with E-state index in [9.17, 15) is 14.9 Å². The van der Waals surface area contributed by atoms with Crippen molar-refractivity contribution in [3.05, 3.63) is 75.7 Å². The first-order chi connectivity index (χ1) is 16.4. The second kappa shape index (κ2) is 10.1. The summed E-state index contributed by atoms with van der Waals surface area (Å²) in [5, 5.41) is 17.8. The molecule has 0 fully saturated rings. The number of hydrogen-bond acceptors (Lipinski definition) is 6.